The van der Waals surface area contributed by atoms with Gasteiger partial charge in [0.2, 0.25) is 5.91 Å². The molecule has 150 valence electrons. The lowest BCUT2D eigenvalue weighted by Gasteiger charge is -2.35. The molecule has 1 aliphatic heterocycles. The standard InChI is InChI=1S/C25H33NO2/c1-3-5-7-19-9-13-21(14-10-19)25(28,23-17-18-24(27)26-23)22-15-11-20(12-16-22)8-6-4-2/h9-16,23,28H,3-8,17-18H2,1-2H3,(H,26,27)/t23-/m0/s1. The summed E-state index contributed by atoms with van der Waals surface area (Å²) < 4.78 is 0. The fraction of sp³-hybridized carbons (Fsp3) is 0.480. The molecular formula is C25H33NO2. The van der Waals surface area contributed by atoms with Gasteiger partial charge in [-0.2, -0.15) is 0 Å². The van der Waals surface area contributed by atoms with Gasteiger partial charge in [0, 0.05) is 6.42 Å². The van der Waals surface area contributed by atoms with Crippen molar-refractivity contribution in [2.45, 2.75) is 76.9 Å². The quantitative estimate of drug-likeness (QED) is 0.652. The van der Waals surface area contributed by atoms with E-state index in [-0.39, 0.29) is 11.9 Å². The summed E-state index contributed by atoms with van der Waals surface area (Å²) in [7, 11) is 0. The van der Waals surface area contributed by atoms with Crippen LogP contribution in [0.2, 0.25) is 0 Å². The van der Waals surface area contributed by atoms with Gasteiger partial charge in [-0.15, -0.1) is 0 Å². The Morgan fingerprint density at radius 1 is 0.893 bits per heavy atom. The first-order chi connectivity index (χ1) is 13.6. The predicted octanol–water partition coefficient (Wildman–Crippen LogP) is 4.89. The summed E-state index contributed by atoms with van der Waals surface area (Å²) in [5.41, 5.74) is 3.07. The number of carbonyl (C=O) groups is 1. The first-order valence-corrected chi connectivity index (χ1v) is 10.8. The molecule has 0 aliphatic carbocycles. The van der Waals surface area contributed by atoms with Crippen molar-refractivity contribution in [1.82, 2.24) is 5.32 Å². The van der Waals surface area contributed by atoms with E-state index in [9.17, 15) is 9.90 Å². The molecule has 1 saturated heterocycles. The lowest BCUT2D eigenvalue weighted by Crippen LogP contribution is -2.47. The van der Waals surface area contributed by atoms with Crippen molar-refractivity contribution in [3.63, 3.8) is 0 Å². The number of hydrogen-bond acceptors (Lipinski definition) is 2. The van der Waals surface area contributed by atoms with E-state index >= 15 is 0 Å². The summed E-state index contributed by atoms with van der Waals surface area (Å²) in [5, 5.41) is 14.9. The number of rotatable bonds is 9. The molecular weight excluding hydrogens is 346 g/mol. The third-order valence-electron chi connectivity index (χ3n) is 5.93. The van der Waals surface area contributed by atoms with Crippen LogP contribution in [-0.4, -0.2) is 17.1 Å². The Labute approximate surface area is 169 Å². The van der Waals surface area contributed by atoms with Gasteiger partial charge in [0.15, 0.2) is 0 Å². The van der Waals surface area contributed by atoms with Crippen LogP contribution < -0.4 is 5.32 Å². The number of nitrogens with one attached hydrogen (secondary N) is 1. The maximum absolute atomic E-state index is 11.9. The van der Waals surface area contributed by atoms with Gasteiger partial charge in [-0.05, 0) is 54.4 Å². The predicted molar refractivity (Wildman–Crippen MR) is 114 cm³/mol. The number of hydrogen-bond donors (Lipinski definition) is 2. The molecule has 3 nitrogen and oxygen atoms in total. The van der Waals surface area contributed by atoms with E-state index in [1.54, 1.807) is 0 Å². The van der Waals surface area contributed by atoms with Gasteiger partial charge in [-0.25, -0.2) is 0 Å². The minimum absolute atomic E-state index is 0.0163. The minimum atomic E-state index is -1.21. The zero-order valence-electron chi connectivity index (χ0n) is 17.2. The number of carbonyl (C=O) groups excluding carboxylic acids is 1. The third-order valence-corrected chi connectivity index (χ3v) is 5.93. The van der Waals surface area contributed by atoms with E-state index in [0.717, 1.165) is 24.0 Å². The average molecular weight is 380 g/mol. The fourth-order valence-corrected chi connectivity index (χ4v) is 4.11. The van der Waals surface area contributed by atoms with Gasteiger partial charge in [-0.1, -0.05) is 75.2 Å². The average Bonchev–Trinajstić information content (AvgIpc) is 3.17. The Balaban J connectivity index is 1.92. The molecule has 3 heteroatoms. The molecule has 1 atom stereocenters. The summed E-state index contributed by atoms with van der Waals surface area (Å²) in [6, 6.07) is 16.3. The van der Waals surface area contributed by atoms with E-state index in [1.165, 1.54) is 36.8 Å². The topological polar surface area (TPSA) is 49.3 Å². The molecule has 0 saturated carbocycles. The molecule has 0 spiro atoms. The van der Waals surface area contributed by atoms with Crippen LogP contribution in [0, 0.1) is 0 Å². The maximum Gasteiger partial charge on any atom is 0.220 e. The van der Waals surface area contributed by atoms with Crippen LogP contribution in [0.15, 0.2) is 48.5 Å². The van der Waals surface area contributed by atoms with Gasteiger partial charge in [0.25, 0.3) is 0 Å². The highest BCUT2D eigenvalue weighted by molar-refractivity contribution is 5.79. The molecule has 3 rings (SSSR count). The summed E-state index contributed by atoms with van der Waals surface area (Å²) in [6.45, 7) is 4.39. The molecule has 0 bridgehead atoms. The Bertz CT molecular complexity index is 713. The van der Waals surface area contributed by atoms with Crippen LogP contribution in [-0.2, 0) is 23.2 Å². The van der Waals surface area contributed by atoms with Crippen LogP contribution in [0.1, 0.15) is 74.6 Å². The first kappa shape index (κ1) is 20.6. The molecule has 1 heterocycles. The maximum atomic E-state index is 11.9. The van der Waals surface area contributed by atoms with Crippen molar-refractivity contribution >= 4 is 5.91 Å². The van der Waals surface area contributed by atoms with Gasteiger partial charge < -0.3 is 10.4 Å². The van der Waals surface area contributed by atoms with Crippen molar-refractivity contribution in [3.8, 4) is 0 Å². The van der Waals surface area contributed by atoms with Crippen molar-refractivity contribution in [2.75, 3.05) is 0 Å². The van der Waals surface area contributed by atoms with Gasteiger partial charge in [0.05, 0.1) is 6.04 Å². The van der Waals surface area contributed by atoms with Crippen molar-refractivity contribution in [3.05, 3.63) is 70.8 Å². The normalized spacial score (nSPS) is 17.0. The van der Waals surface area contributed by atoms with Crippen molar-refractivity contribution < 1.29 is 9.90 Å². The van der Waals surface area contributed by atoms with E-state index in [0.29, 0.717) is 12.8 Å². The zero-order valence-corrected chi connectivity index (χ0v) is 17.2. The number of benzene rings is 2. The highest BCUT2D eigenvalue weighted by atomic mass is 16.3. The lowest BCUT2D eigenvalue weighted by atomic mass is 9.79. The number of aryl methyl sites for hydroxylation is 2. The van der Waals surface area contributed by atoms with Crippen molar-refractivity contribution in [1.29, 1.82) is 0 Å². The lowest BCUT2D eigenvalue weighted by molar-refractivity contribution is -0.120. The second-order valence-corrected chi connectivity index (χ2v) is 8.03. The molecule has 2 N–H and O–H groups in total. The Kier molecular flexibility index (Phi) is 6.90. The summed E-state index contributed by atoms with van der Waals surface area (Å²) in [4.78, 5) is 11.9. The third kappa shape index (κ3) is 4.47. The van der Waals surface area contributed by atoms with Crippen LogP contribution >= 0.6 is 0 Å². The van der Waals surface area contributed by atoms with Crippen LogP contribution in [0.3, 0.4) is 0 Å². The number of amides is 1. The summed E-state index contributed by atoms with van der Waals surface area (Å²) in [6.07, 6.45) is 7.90. The molecule has 1 fully saturated rings. The van der Waals surface area contributed by atoms with E-state index in [4.69, 9.17) is 0 Å². The fourth-order valence-electron chi connectivity index (χ4n) is 4.11. The SMILES string of the molecule is CCCCc1ccc(C(O)(c2ccc(CCCC)cc2)[C@@H]2CCC(=O)N2)cc1. The summed E-state index contributed by atoms with van der Waals surface area (Å²) in [5.74, 6) is 0.0163. The van der Waals surface area contributed by atoms with Gasteiger partial charge in [-0.3, -0.25) is 4.79 Å². The Morgan fingerprint density at radius 2 is 1.36 bits per heavy atom. The van der Waals surface area contributed by atoms with E-state index < -0.39 is 5.60 Å². The molecule has 1 aliphatic rings. The van der Waals surface area contributed by atoms with Crippen LogP contribution in [0.4, 0.5) is 0 Å². The molecule has 28 heavy (non-hydrogen) atoms. The zero-order chi connectivity index (χ0) is 20.0. The molecule has 2 aromatic rings. The highest BCUT2D eigenvalue weighted by Gasteiger charge is 2.43. The second-order valence-electron chi connectivity index (χ2n) is 8.03. The monoisotopic (exact) mass is 379 g/mol. The largest absolute Gasteiger partial charge is 0.378 e. The van der Waals surface area contributed by atoms with Crippen LogP contribution in [0.25, 0.3) is 0 Å². The summed E-state index contributed by atoms with van der Waals surface area (Å²) >= 11 is 0. The van der Waals surface area contributed by atoms with Gasteiger partial charge >= 0.3 is 0 Å². The number of unbranched alkanes of at least 4 members (excludes halogenated alkanes) is 2. The smallest absolute Gasteiger partial charge is 0.220 e. The van der Waals surface area contributed by atoms with E-state index in [1.807, 2.05) is 24.3 Å². The number of aliphatic hydroxyl groups is 1. The molecule has 0 radical (unpaired) electrons. The highest BCUT2D eigenvalue weighted by Crippen LogP contribution is 2.37. The second kappa shape index (κ2) is 9.38. The van der Waals surface area contributed by atoms with E-state index in [2.05, 4.69) is 43.4 Å². The molecule has 0 aromatic heterocycles. The minimum Gasteiger partial charge on any atom is -0.378 e. The molecule has 0 unspecified atom stereocenters. The Morgan fingerprint density at radius 3 is 1.71 bits per heavy atom. The van der Waals surface area contributed by atoms with Crippen LogP contribution in [0.5, 0.6) is 0 Å². The first-order valence-electron chi connectivity index (χ1n) is 10.8. The molecule has 1 amide bonds. The van der Waals surface area contributed by atoms with Gasteiger partial charge in [0.1, 0.15) is 5.60 Å². The van der Waals surface area contributed by atoms with Crippen molar-refractivity contribution in [2.24, 2.45) is 0 Å². The molecule has 2 aromatic carbocycles. The Hall–Kier alpha value is -2.13.